The molecular weight excluding hydrogens is 282 g/mol. The van der Waals surface area contributed by atoms with Gasteiger partial charge >= 0.3 is 0 Å². The van der Waals surface area contributed by atoms with Crippen LogP contribution in [-0.4, -0.2) is 51.2 Å². The molecule has 0 spiro atoms. The summed E-state index contributed by atoms with van der Waals surface area (Å²) in [7, 11) is -3.50. The molecule has 6 nitrogen and oxygen atoms in total. The van der Waals surface area contributed by atoms with Gasteiger partial charge in [-0.2, -0.15) is 0 Å². The van der Waals surface area contributed by atoms with Crippen molar-refractivity contribution in [1.29, 1.82) is 0 Å². The maximum atomic E-state index is 11.9. The summed E-state index contributed by atoms with van der Waals surface area (Å²) in [6, 6.07) is 8.44. The van der Waals surface area contributed by atoms with Gasteiger partial charge in [-0.15, -0.1) is 0 Å². The minimum absolute atomic E-state index is 0.0586. The standard InChI is InChI=1S/C13H19NO5S/c15-13-6-7-18-10-12(13)14-20(16,17)9-8-19-11-4-2-1-3-5-11/h1-5,12-15H,6-10H2/t12-,13-/m1/s1. The van der Waals surface area contributed by atoms with E-state index in [4.69, 9.17) is 9.47 Å². The predicted octanol–water partition coefficient (Wildman–Crippen LogP) is 0.135. The zero-order valence-electron chi connectivity index (χ0n) is 11.1. The van der Waals surface area contributed by atoms with Crippen molar-refractivity contribution < 1.29 is 23.0 Å². The molecule has 0 amide bonds. The van der Waals surface area contributed by atoms with Crippen molar-refractivity contribution in [2.24, 2.45) is 0 Å². The third kappa shape index (κ3) is 4.75. The molecule has 1 fully saturated rings. The fourth-order valence-corrected chi connectivity index (χ4v) is 3.02. The number of benzene rings is 1. The highest BCUT2D eigenvalue weighted by Crippen LogP contribution is 2.10. The molecule has 1 aliphatic heterocycles. The molecule has 0 unspecified atom stereocenters. The van der Waals surface area contributed by atoms with E-state index in [2.05, 4.69) is 4.72 Å². The van der Waals surface area contributed by atoms with Crippen LogP contribution in [0.15, 0.2) is 30.3 Å². The lowest BCUT2D eigenvalue weighted by Crippen LogP contribution is -2.50. The van der Waals surface area contributed by atoms with Crippen molar-refractivity contribution in [2.75, 3.05) is 25.6 Å². The molecule has 1 saturated heterocycles. The van der Waals surface area contributed by atoms with Crippen LogP contribution in [0.3, 0.4) is 0 Å². The Morgan fingerprint density at radius 1 is 1.35 bits per heavy atom. The number of nitrogens with one attached hydrogen (secondary N) is 1. The zero-order valence-corrected chi connectivity index (χ0v) is 11.9. The number of aliphatic hydroxyl groups is 1. The molecular formula is C13H19NO5S. The number of aliphatic hydroxyl groups excluding tert-OH is 1. The third-order valence-corrected chi connectivity index (χ3v) is 4.38. The van der Waals surface area contributed by atoms with Gasteiger partial charge in [0.1, 0.15) is 12.4 Å². The van der Waals surface area contributed by atoms with Crippen LogP contribution in [0.2, 0.25) is 0 Å². The van der Waals surface area contributed by atoms with Crippen LogP contribution in [-0.2, 0) is 14.8 Å². The summed E-state index contributed by atoms with van der Waals surface area (Å²) in [5.74, 6) is 0.467. The summed E-state index contributed by atoms with van der Waals surface area (Å²) in [5, 5.41) is 9.70. The molecule has 1 aliphatic rings. The Balaban J connectivity index is 1.79. The minimum Gasteiger partial charge on any atom is -0.492 e. The van der Waals surface area contributed by atoms with Gasteiger partial charge in [0.25, 0.3) is 0 Å². The number of hydrogen-bond donors (Lipinski definition) is 2. The van der Waals surface area contributed by atoms with Crippen LogP contribution in [0.5, 0.6) is 5.75 Å². The van der Waals surface area contributed by atoms with Crippen LogP contribution in [0, 0.1) is 0 Å². The van der Waals surface area contributed by atoms with E-state index >= 15 is 0 Å². The van der Waals surface area contributed by atoms with E-state index in [1.807, 2.05) is 18.2 Å². The number of para-hydroxylation sites is 1. The first-order valence-corrected chi connectivity index (χ1v) is 8.16. The first-order chi connectivity index (χ1) is 9.57. The molecule has 1 aromatic carbocycles. The predicted molar refractivity (Wildman–Crippen MR) is 74.1 cm³/mol. The van der Waals surface area contributed by atoms with Crippen LogP contribution in [0.4, 0.5) is 0 Å². The third-order valence-electron chi connectivity index (χ3n) is 3.01. The normalized spacial score (nSPS) is 23.4. The van der Waals surface area contributed by atoms with Crippen molar-refractivity contribution in [2.45, 2.75) is 18.6 Å². The second-order valence-electron chi connectivity index (χ2n) is 4.64. The number of sulfonamides is 1. The van der Waals surface area contributed by atoms with Gasteiger partial charge in [-0.25, -0.2) is 13.1 Å². The second-order valence-corrected chi connectivity index (χ2v) is 6.51. The van der Waals surface area contributed by atoms with Gasteiger partial charge in [0.15, 0.2) is 0 Å². The average Bonchev–Trinajstić information content (AvgIpc) is 2.42. The highest BCUT2D eigenvalue weighted by Gasteiger charge is 2.27. The Bertz CT molecular complexity index is 505. The van der Waals surface area contributed by atoms with Gasteiger partial charge in [-0.3, -0.25) is 0 Å². The fourth-order valence-electron chi connectivity index (χ4n) is 1.91. The van der Waals surface area contributed by atoms with Crippen molar-refractivity contribution in [3.8, 4) is 5.75 Å². The molecule has 2 rings (SSSR count). The maximum absolute atomic E-state index is 11.9. The number of rotatable bonds is 6. The van der Waals surface area contributed by atoms with E-state index in [-0.39, 0.29) is 19.0 Å². The van der Waals surface area contributed by atoms with E-state index in [0.29, 0.717) is 18.8 Å². The zero-order chi connectivity index (χ0) is 14.4. The molecule has 20 heavy (non-hydrogen) atoms. The van der Waals surface area contributed by atoms with Crippen molar-refractivity contribution in [3.05, 3.63) is 30.3 Å². The lowest BCUT2D eigenvalue weighted by atomic mass is 10.1. The summed E-state index contributed by atoms with van der Waals surface area (Å²) in [6.45, 7) is 0.708. The number of hydrogen-bond acceptors (Lipinski definition) is 5. The fraction of sp³-hybridized carbons (Fsp3) is 0.538. The van der Waals surface area contributed by atoms with E-state index < -0.39 is 22.2 Å². The Kier molecular flexibility index (Phi) is 5.36. The van der Waals surface area contributed by atoms with Crippen molar-refractivity contribution in [1.82, 2.24) is 4.72 Å². The monoisotopic (exact) mass is 301 g/mol. The second kappa shape index (κ2) is 7.03. The molecule has 0 aliphatic carbocycles. The van der Waals surface area contributed by atoms with Gasteiger partial charge < -0.3 is 14.6 Å². The van der Waals surface area contributed by atoms with Crippen LogP contribution in [0.1, 0.15) is 6.42 Å². The molecule has 1 aromatic rings. The molecule has 2 N–H and O–H groups in total. The molecule has 7 heteroatoms. The Morgan fingerprint density at radius 2 is 2.10 bits per heavy atom. The van der Waals surface area contributed by atoms with Gasteiger partial charge in [-0.1, -0.05) is 18.2 Å². The van der Waals surface area contributed by atoms with Gasteiger partial charge in [0, 0.05) is 6.61 Å². The average molecular weight is 301 g/mol. The highest BCUT2D eigenvalue weighted by molar-refractivity contribution is 7.89. The lowest BCUT2D eigenvalue weighted by molar-refractivity contribution is -0.00842. The molecule has 1 heterocycles. The van der Waals surface area contributed by atoms with Crippen LogP contribution >= 0.6 is 0 Å². The molecule has 0 radical (unpaired) electrons. The SMILES string of the molecule is O=S(=O)(CCOc1ccccc1)N[C@@H]1COCC[C@H]1O. The van der Waals surface area contributed by atoms with Crippen molar-refractivity contribution >= 4 is 10.0 Å². The van der Waals surface area contributed by atoms with E-state index in [1.54, 1.807) is 12.1 Å². The quantitative estimate of drug-likeness (QED) is 0.780. The topological polar surface area (TPSA) is 84.9 Å². The minimum atomic E-state index is -3.50. The Labute approximate surface area is 118 Å². The Hall–Kier alpha value is -1.15. The summed E-state index contributed by atoms with van der Waals surface area (Å²) >= 11 is 0. The van der Waals surface area contributed by atoms with Crippen LogP contribution in [0.25, 0.3) is 0 Å². The lowest BCUT2D eigenvalue weighted by Gasteiger charge is -2.28. The van der Waals surface area contributed by atoms with E-state index in [9.17, 15) is 13.5 Å². The maximum Gasteiger partial charge on any atom is 0.215 e. The summed E-state index contributed by atoms with van der Waals surface area (Å²) in [5.41, 5.74) is 0. The number of ether oxygens (including phenoxy) is 2. The first-order valence-electron chi connectivity index (χ1n) is 6.50. The van der Waals surface area contributed by atoms with Gasteiger partial charge in [0.05, 0.1) is 24.5 Å². The molecule has 0 saturated carbocycles. The van der Waals surface area contributed by atoms with Crippen molar-refractivity contribution in [3.63, 3.8) is 0 Å². The summed E-state index contributed by atoms with van der Waals surface area (Å²) in [4.78, 5) is 0. The molecule has 2 atom stereocenters. The molecule has 0 bridgehead atoms. The Morgan fingerprint density at radius 3 is 2.80 bits per heavy atom. The first kappa shape index (κ1) is 15.2. The smallest absolute Gasteiger partial charge is 0.215 e. The summed E-state index contributed by atoms with van der Waals surface area (Å²) in [6.07, 6.45) is -0.262. The van der Waals surface area contributed by atoms with E-state index in [0.717, 1.165) is 0 Å². The van der Waals surface area contributed by atoms with Gasteiger partial charge in [-0.05, 0) is 18.6 Å². The molecule has 0 aromatic heterocycles. The summed E-state index contributed by atoms with van der Waals surface area (Å²) < 4.78 is 36.7. The molecule has 112 valence electrons. The largest absolute Gasteiger partial charge is 0.492 e. The van der Waals surface area contributed by atoms with Gasteiger partial charge in [0.2, 0.25) is 10.0 Å². The van der Waals surface area contributed by atoms with Crippen LogP contribution < -0.4 is 9.46 Å². The highest BCUT2D eigenvalue weighted by atomic mass is 32.2. The van der Waals surface area contributed by atoms with E-state index in [1.165, 1.54) is 0 Å².